The van der Waals surface area contributed by atoms with Crippen molar-refractivity contribution >= 4 is 34.8 Å². The largest absolute Gasteiger partial charge is 0.468 e. The summed E-state index contributed by atoms with van der Waals surface area (Å²) in [5, 5.41) is 0. The third-order valence-corrected chi connectivity index (χ3v) is 2.90. The molecule has 0 spiro atoms. The Morgan fingerprint density at radius 2 is 1.76 bits per heavy atom. The Labute approximate surface area is 126 Å². The molecule has 114 valence electrons. The number of nitrogens with two attached hydrogens (primary N) is 1. The number of ether oxygens (including phenoxy) is 2. The lowest BCUT2D eigenvalue weighted by Gasteiger charge is -2.23. The number of rotatable bonds is 6. The highest BCUT2D eigenvalue weighted by atomic mass is 32.1. The zero-order valence-electron chi connectivity index (χ0n) is 11.6. The molecule has 0 radical (unpaired) electrons. The quantitative estimate of drug-likeness (QED) is 0.608. The molecule has 21 heavy (non-hydrogen) atoms. The molecular formula is C13H15FN2O4S. The van der Waals surface area contributed by atoms with Crippen molar-refractivity contribution in [1.29, 1.82) is 0 Å². The van der Waals surface area contributed by atoms with Crippen LogP contribution in [-0.4, -0.2) is 44.2 Å². The zero-order chi connectivity index (χ0) is 16.0. The summed E-state index contributed by atoms with van der Waals surface area (Å²) >= 11 is 4.76. The highest BCUT2D eigenvalue weighted by molar-refractivity contribution is 7.80. The summed E-state index contributed by atoms with van der Waals surface area (Å²) < 4.78 is 23.2. The number of esters is 2. The minimum atomic E-state index is -0.659. The fourth-order valence-corrected chi connectivity index (χ4v) is 1.71. The molecule has 2 N–H and O–H groups in total. The van der Waals surface area contributed by atoms with Crippen LogP contribution in [0, 0.1) is 5.82 Å². The summed E-state index contributed by atoms with van der Waals surface area (Å²) in [6, 6.07) is 4.03. The minimum Gasteiger partial charge on any atom is -0.468 e. The summed E-state index contributed by atoms with van der Waals surface area (Å²) in [7, 11) is 2.40. The van der Waals surface area contributed by atoms with Crippen LogP contribution in [0.3, 0.4) is 0 Å². The molecule has 0 saturated heterocycles. The number of nitrogens with zero attached hydrogens (tertiary/aromatic N) is 1. The predicted octanol–water partition coefficient (Wildman–Crippen LogP) is 0.612. The standard InChI is InChI=1S/C13H15FN2O4S/c1-19-11(17)6-16(7-12(18)20-2)10-4-3-8(13(15)21)5-9(10)14/h3-5H,6-7H2,1-2H3,(H2,15,21). The second-order valence-electron chi connectivity index (χ2n) is 4.04. The number of hydrogen-bond donors (Lipinski definition) is 1. The molecule has 1 aromatic carbocycles. The van der Waals surface area contributed by atoms with Crippen molar-refractivity contribution in [3.05, 3.63) is 29.6 Å². The van der Waals surface area contributed by atoms with Gasteiger partial charge < -0.3 is 20.1 Å². The Kier molecular flexibility index (Phi) is 6.04. The van der Waals surface area contributed by atoms with Crippen LogP contribution in [0.4, 0.5) is 10.1 Å². The Morgan fingerprint density at radius 3 is 2.14 bits per heavy atom. The fraction of sp³-hybridized carbons (Fsp3) is 0.308. The number of hydrogen-bond acceptors (Lipinski definition) is 6. The van der Waals surface area contributed by atoms with E-state index >= 15 is 0 Å². The van der Waals surface area contributed by atoms with Gasteiger partial charge in [-0.3, -0.25) is 9.59 Å². The van der Waals surface area contributed by atoms with E-state index in [-0.39, 0.29) is 23.8 Å². The fourth-order valence-electron chi connectivity index (χ4n) is 1.58. The van der Waals surface area contributed by atoms with Crippen LogP contribution in [0.15, 0.2) is 18.2 Å². The van der Waals surface area contributed by atoms with E-state index in [0.717, 1.165) is 6.07 Å². The maximum Gasteiger partial charge on any atom is 0.325 e. The van der Waals surface area contributed by atoms with E-state index in [2.05, 4.69) is 9.47 Å². The van der Waals surface area contributed by atoms with Crippen LogP contribution in [-0.2, 0) is 19.1 Å². The summed E-state index contributed by atoms with van der Waals surface area (Å²) in [6.07, 6.45) is 0. The van der Waals surface area contributed by atoms with Gasteiger partial charge in [0.2, 0.25) is 0 Å². The normalized spacial score (nSPS) is 9.86. The summed E-state index contributed by atoms with van der Waals surface area (Å²) in [6.45, 7) is -0.593. The van der Waals surface area contributed by atoms with Crippen molar-refractivity contribution in [1.82, 2.24) is 0 Å². The first kappa shape index (κ1) is 16.8. The molecule has 1 aromatic rings. The Morgan fingerprint density at radius 1 is 1.24 bits per heavy atom. The lowest BCUT2D eigenvalue weighted by Crippen LogP contribution is -2.36. The van der Waals surface area contributed by atoms with Crippen LogP contribution >= 0.6 is 12.2 Å². The Bertz CT molecular complexity index is 547. The van der Waals surface area contributed by atoms with E-state index in [1.807, 2.05) is 0 Å². The first-order valence-electron chi connectivity index (χ1n) is 5.87. The summed E-state index contributed by atoms with van der Waals surface area (Å²) in [5.41, 5.74) is 5.81. The smallest absolute Gasteiger partial charge is 0.325 e. The molecule has 0 aromatic heterocycles. The number of carbonyl (C=O) groups excluding carboxylic acids is 2. The lowest BCUT2D eigenvalue weighted by atomic mass is 10.2. The molecule has 0 saturated carbocycles. The Balaban J connectivity index is 3.09. The maximum atomic E-state index is 14.1. The molecule has 0 aliphatic rings. The van der Waals surface area contributed by atoms with Crippen LogP contribution in [0.1, 0.15) is 5.56 Å². The number of benzene rings is 1. The van der Waals surface area contributed by atoms with Gasteiger partial charge in [0, 0.05) is 5.56 Å². The van der Waals surface area contributed by atoms with Gasteiger partial charge in [-0.05, 0) is 18.2 Å². The number of carbonyl (C=O) groups is 2. The van der Waals surface area contributed by atoms with E-state index < -0.39 is 17.8 Å². The topological polar surface area (TPSA) is 81.9 Å². The molecule has 0 aliphatic carbocycles. The predicted molar refractivity (Wildman–Crippen MR) is 78.5 cm³/mol. The lowest BCUT2D eigenvalue weighted by molar-refractivity contribution is -0.140. The van der Waals surface area contributed by atoms with Crippen LogP contribution < -0.4 is 10.6 Å². The molecular weight excluding hydrogens is 299 g/mol. The van der Waals surface area contributed by atoms with Crippen molar-refractivity contribution in [3.63, 3.8) is 0 Å². The average molecular weight is 314 g/mol. The number of methoxy groups -OCH3 is 2. The first-order valence-corrected chi connectivity index (χ1v) is 6.27. The van der Waals surface area contributed by atoms with Crippen molar-refractivity contribution in [2.45, 2.75) is 0 Å². The van der Waals surface area contributed by atoms with Gasteiger partial charge in [-0.2, -0.15) is 0 Å². The number of thiocarbonyl (C=S) groups is 1. The van der Waals surface area contributed by atoms with Crippen molar-refractivity contribution < 1.29 is 23.5 Å². The third kappa shape index (κ3) is 4.67. The molecule has 0 amide bonds. The third-order valence-electron chi connectivity index (χ3n) is 2.67. The van der Waals surface area contributed by atoms with Gasteiger partial charge in [0.15, 0.2) is 0 Å². The van der Waals surface area contributed by atoms with Crippen LogP contribution in [0.25, 0.3) is 0 Å². The number of anilines is 1. The van der Waals surface area contributed by atoms with Gasteiger partial charge in [-0.15, -0.1) is 0 Å². The zero-order valence-corrected chi connectivity index (χ0v) is 12.4. The minimum absolute atomic E-state index is 0.0470. The highest BCUT2D eigenvalue weighted by Crippen LogP contribution is 2.20. The summed E-state index contributed by atoms with van der Waals surface area (Å²) in [5.74, 6) is -1.89. The molecule has 0 unspecified atom stereocenters. The van der Waals surface area contributed by atoms with Crippen molar-refractivity contribution in [2.24, 2.45) is 5.73 Å². The van der Waals surface area contributed by atoms with Gasteiger partial charge in [0.05, 0.1) is 19.9 Å². The van der Waals surface area contributed by atoms with E-state index in [1.54, 1.807) is 0 Å². The molecule has 0 fully saturated rings. The van der Waals surface area contributed by atoms with Crippen LogP contribution in [0.2, 0.25) is 0 Å². The van der Waals surface area contributed by atoms with E-state index in [0.29, 0.717) is 5.56 Å². The van der Waals surface area contributed by atoms with E-state index in [1.165, 1.54) is 31.3 Å². The van der Waals surface area contributed by atoms with E-state index in [4.69, 9.17) is 18.0 Å². The molecule has 0 aliphatic heterocycles. The molecule has 0 heterocycles. The van der Waals surface area contributed by atoms with Crippen molar-refractivity contribution in [3.8, 4) is 0 Å². The van der Waals surface area contributed by atoms with Gasteiger partial charge in [-0.25, -0.2) is 4.39 Å². The molecule has 1 rings (SSSR count). The highest BCUT2D eigenvalue weighted by Gasteiger charge is 2.19. The monoisotopic (exact) mass is 314 g/mol. The maximum absolute atomic E-state index is 14.1. The SMILES string of the molecule is COC(=O)CN(CC(=O)OC)c1ccc(C(N)=S)cc1F. The van der Waals surface area contributed by atoms with Crippen molar-refractivity contribution in [2.75, 3.05) is 32.2 Å². The van der Waals surface area contributed by atoms with Crippen LogP contribution in [0.5, 0.6) is 0 Å². The van der Waals surface area contributed by atoms with Gasteiger partial charge >= 0.3 is 11.9 Å². The van der Waals surface area contributed by atoms with Gasteiger partial charge in [-0.1, -0.05) is 12.2 Å². The summed E-state index contributed by atoms with van der Waals surface area (Å²) in [4.78, 5) is 24.0. The molecule has 6 nitrogen and oxygen atoms in total. The van der Waals surface area contributed by atoms with Gasteiger partial charge in [0.25, 0.3) is 0 Å². The van der Waals surface area contributed by atoms with Gasteiger partial charge in [0.1, 0.15) is 23.9 Å². The average Bonchev–Trinajstić information content (AvgIpc) is 2.45. The molecule has 0 atom stereocenters. The second kappa shape index (κ2) is 7.53. The molecule has 8 heteroatoms. The van der Waals surface area contributed by atoms with E-state index in [9.17, 15) is 14.0 Å². The first-order chi connectivity index (χ1) is 9.88. The number of halogens is 1. The Hall–Kier alpha value is -2.22. The molecule has 0 bridgehead atoms. The second-order valence-corrected chi connectivity index (χ2v) is 4.48.